The summed E-state index contributed by atoms with van der Waals surface area (Å²) >= 11 is 0. The van der Waals surface area contributed by atoms with Crippen LogP contribution in [0.4, 0.5) is 5.69 Å². The van der Waals surface area contributed by atoms with E-state index in [-0.39, 0.29) is 17.2 Å². The summed E-state index contributed by atoms with van der Waals surface area (Å²) in [6, 6.07) is 8.51. The molecule has 184 valence electrons. The molecule has 1 aromatic heterocycles. The van der Waals surface area contributed by atoms with Gasteiger partial charge in [0, 0.05) is 44.7 Å². The van der Waals surface area contributed by atoms with Crippen LogP contribution in [-0.2, 0) is 28.3 Å². The molecule has 0 fully saturated rings. The van der Waals surface area contributed by atoms with E-state index in [1.54, 1.807) is 38.5 Å². The van der Waals surface area contributed by atoms with Crippen molar-refractivity contribution in [2.24, 2.45) is 7.05 Å². The van der Waals surface area contributed by atoms with E-state index in [0.717, 1.165) is 11.1 Å². The summed E-state index contributed by atoms with van der Waals surface area (Å²) in [5.74, 6) is 1.67. The van der Waals surface area contributed by atoms with E-state index in [0.29, 0.717) is 48.0 Å². The number of nitrogens with zero attached hydrogens (tertiary/aromatic N) is 3. The fraction of sp³-hybridized carbons (Fsp3) is 0.417. The Morgan fingerprint density at radius 2 is 1.74 bits per heavy atom. The van der Waals surface area contributed by atoms with Gasteiger partial charge in [0.2, 0.25) is 15.9 Å². The molecule has 0 saturated heterocycles. The molecule has 0 aliphatic heterocycles. The van der Waals surface area contributed by atoms with Gasteiger partial charge in [-0.2, -0.15) is 4.31 Å². The first-order chi connectivity index (χ1) is 16.2. The number of amides is 1. The van der Waals surface area contributed by atoms with E-state index in [4.69, 9.17) is 9.47 Å². The number of aryl methyl sites for hydroxylation is 3. The molecular weight excluding hydrogens is 456 g/mol. The fourth-order valence-electron chi connectivity index (χ4n) is 3.88. The Kier molecular flexibility index (Phi) is 7.83. The van der Waals surface area contributed by atoms with Crippen LogP contribution in [0.3, 0.4) is 0 Å². The highest BCUT2D eigenvalue weighted by molar-refractivity contribution is 7.89. The van der Waals surface area contributed by atoms with Gasteiger partial charge in [0.05, 0.1) is 30.1 Å². The van der Waals surface area contributed by atoms with Gasteiger partial charge < -0.3 is 19.4 Å². The molecule has 0 bridgehead atoms. The quantitative estimate of drug-likeness (QED) is 0.469. The molecule has 3 rings (SSSR count). The molecular formula is C24H32N4O5S. The molecule has 34 heavy (non-hydrogen) atoms. The molecule has 0 atom stereocenters. The highest BCUT2D eigenvalue weighted by Crippen LogP contribution is 2.33. The number of imidazole rings is 1. The summed E-state index contributed by atoms with van der Waals surface area (Å²) in [7, 11) is 1.40. The van der Waals surface area contributed by atoms with E-state index < -0.39 is 10.0 Å². The third-order valence-electron chi connectivity index (χ3n) is 5.87. The van der Waals surface area contributed by atoms with Crippen LogP contribution >= 0.6 is 0 Å². The number of sulfonamides is 1. The van der Waals surface area contributed by atoms with Crippen molar-refractivity contribution < 1.29 is 22.7 Å². The maximum absolute atomic E-state index is 12.9. The Bertz CT molecular complexity index is 1300. The largest absolute Gasteiger partial charge is 0.493 e. The predicted octanol–water partition coefficient (Wildman–Crippen LogP) is 3.50. The van der Waals surface area contributed by atoms with Gasteiger partial charge in [-0.15, -0.1) is 0 Å². The molecule has 0 aliphatic carbocycles. The summed E-state index contributed by atoms with van der Waals surface area (Å²) in [5, 5.41) is 2.92. The van der Waals surface area contributed by atoms with E-state index in [9.17, 15) is 13.2 Å². The smallest absolute Gasteiger partial charge is 0.243 e. The zero-order valence-electron chi connectivity index (χ0n) is 20.5. The molecule has 3 aromatic rings. The van der Waals surface area contributed by atoms with Crippen LogP contribution in [0.5, 0.6) is 11.5 Å². The Labute approximate surface area is 200 Å². The zero-order valence-corrected chi connectivity index (χ0v) is 21.3. The maximum atomic E-state index is 12.9. The lowest BCUT2D eigenvalue weighted by Gasteiger charge is -2.18. The Morgan fingerprint density at radius 3 is 2.35 bits per heavy atom. The van der Waals surface area contributed by atoms with Crippen molar-refractivity contribution in [3.63, 3.8) is 0 Å². The lowest BCUT2D eigenvalue weighted by atomic mass is 10.1. The Balaban J connectivity index is 1.77. The summed E-state index contributed by atoms with van der Waals surface area (Å²) in [4.78, 5) is 17.5. The van der Waals surface area contributed by atoms with Crippen LogP contribution in [-0.4, -0.2) is 55.5 Å². The monoisotopic (exact) mass is 488 g/mol. The third kappa shape index (κ3) is 5.02. The van der Waals surface area contributed by atoms with Gasteiger partial charge in [-0.25, -0.2) is 13.4 Å². The minimum absolute atomic E-state index is 0.160. The fourth-order valence-corrected chi connectivity index (χ4v) is 5.36. The van der Waals surface area contributed by atoms with Crippen LogP contribution in [0.1, 0.15) is 31.7 Å². The van der Waals surface area contributed by atoms with Gasteiger partial charge in [0.15, 0.2) is 11.5 Å². The lowest BCUT2D eigenvalue weighted by molar-refractivity contribution is -0.116. The number of methoxy groups -OCH3 is 2. The third-order valence-corrected chi connectivity index (χ3v) is 7.91. The highest BCUT2D eigenvalue weighted by atomic mass is 32.2. The SMILES string of the molecule is CCN(CC)S(=O)(=O)c1ccc2c(c1)nc(CCC(=O)Nc1cc(OC)c(OC)cc1C)n2C. The maximum Gasteiger partial charge on any atom is 0.243 e. The summed E-state index contributed by atoms with van der Waals surface area (Å²) in [6.45, 7) is 6.31. The van der Waals surface area contributed by atoms with Crippen molar-refractivity contribution in [3.8, 4) is 11.5 Å². The molecule has 1 N–H and O–H groups in total. The van der Waals surface area contributed by atoms with Crippen molar-refractivity contribution >= 4 is 32.7 Å². The van der Waals surface area contributed by atoms with Crippen LogP contribution < -0.4 is 14.8 Å². The summed E-state index contributed by atoms with van der Waals surface area (Å²) in [6.07, 6.45) is 0.622. The Hall–Kier alpha value is -3.11. The highest BCUT2D eigenvalue weighted by Gasteiger charge is 2.23. The number of anilines is 1. The molecule has 9 nitrogen and oxygen atoms in total. The second kappa shape index (κ2) is 10.4. The van der Waals surface area contributed by atoms with E-state index in [2.05, 4.69) is 10.3 Å². The average Bonchev–Trinajstić information content (AvgIpc) is 3.14. The first-order valence-corrected chi connectivity index (χ1v) is 12.6. The molecule has 0 radical (unpaired) electrons. The number of aromatic nitrogens is 2. The number of rotatable bonds is 10. The minimum Gasteiger partial charge on any atom is -0.493 e. The van der Waals surface area contributed by atoms with Crippen LogP contribution in [0, 0.1) is 6.92 Å². The van der Waals surface area contributed by atoms with Gasteiger partial charge in [0.25, 0.3) is 0 Å². The van der Waals surface area contributed by atoms with Crippen molar-refractivity contribution in [3.05, 3.63) is 41.7 Å². The van der Waals surface area contributed by atoms with Crippen LogP contribution in [0.25, 0.3) is 11.0 Å². The minimum atomic E-state index is -3.57. The standard InChI is InChI=1S/C24H32N4O5S/c1-7-28(8-2)34(30,31)17-9-10-20-19(14-17)25-23(27(20)4)11-12-24(29)26-18-15-22(33-6)21(32-5)13-16(18)3/h9-10,13-15H,7-8,11-12H2,1-6H3,(H,26,29). The molecule has 1 heterocycles. The molecule has 2 aromatic carbocycles. The molecule has 0 spiro atoms. The van der Waals surface area contributed by atoms with Gasteiger partial charge in [0.1, 0.15) is 5.82 Å². The van der Waals surface area contributed by atoms with E-state index in [1.165, 1.54) is 4.31 Å². The van der Waals surface area contributed by atoms with Crippen molar-refractivity contribution in [1.29, 1.82) is 0 Å². The van der Waals surface area contributed by atoms with Gasteiger partial charge in [-0.05, 0) is 36.8 Å². The number of hydrogen-bond acceptors (Lipinski definition) is 6. The molecule has 0 unspecified atom stereocenters. The lowest BCUT2D eigenvalue weighted by Crippen LogP contribution is -2.30. The Morgan fingerprint density at radius 1 is 1.09 bits per heavy atom. The summed E-state index contributed by atoms with van der Waals surface area (Å²) < 4.78 is 39.6. The van der Waals surface area contributed by atoms with Crippen molar-refractivity contribution in [1.82, 2.24) is 13.9 Å². The number of hydrogen-bond donors (Lipinski definition) is 1. The zero-order chi connectivity index (χ0) is 25.0. The molecule has 10 heteroatoms. The van der Waals surface area contributed by atoms with Crippen molar-refractivity contribution in [2.45, 2.75) is 38.5 Å². The average molecular weight is 489 g/mol. The molecule has 0 saturated carbocycles. The van der Waals surface area contributed by atoms with E-state index >= 15 is 0 Å². The van der Waals surface area contributed by atoms with Crippen molar-refractivity contribution in [2.75, 3.05) is 32.6 Å². The van der Waals surface area contributed by atoms with Gasteiger partial charge in [-0.1, -0.05) is 13.8 Å². The predicted molar refractivity (Wildman–Crippen MR) is 132 cm³/mol. The number of carbonyl (C=O) groups excluding carboxylic acids is 1. The van der Waals surface area contributed by atoms with Crippen LogP contribution in [0.15, 0.2) is 35.2 Å². The number of fused-ring (bicyclic) bond motifs is 1. The van der Waals surface area contributed by atoms with Crippen LogP contribution in [0.2, 0.25) is 0 Å². The summed E-state index contributed by atoms with van der Waals surface area (Å²) in [5.41, 5.74) is 2.90. The number of benzene rings is 2. The number of ether oxygens (including phenoxy) is 2. The first kappa shape index (κ1) is 25.5. The normalized spacial score (nSPS) is 11.7. The first-order valence-electron chi connectivity index (χ1n) is 11.1. The molecule has 0 aliphatic rings. The van der Waals surface area contributed by atoms with Gasteiger partial charge in [-0.3, -0.25) is 4.79 Å². The second-order valence-electron chi connectivity index (χ2n) is 7.90. The molecule has 1 amide bonds. The van der Waals surface area contributed by atoms with Gasteiger partial charge >= 0.3 is 0 Å². The topological polar surface area (TPSA) is 103 Å². The number of carbonyl (C=O) groups is 1. The number of nitrogens with one attached hydrogen (secondary N) is 1. The second-order valence-corrected chi connectivity index (χ2v) is 9.84. The van der Waals surface area contributed by atoms with E-state index in [1.807, 2.05) is 38.5 Å².